The van der Waals surface area contributed by atoms with Gasteiger partial charge in [0.2, 0.25) is 11.8 Å². The minimum Gasteiger partial charge on any atom is -0.312 e. The predicted octanol–water partition coefficient (Wildman–Crippen LogP) is 4.10. The van der Waals surface area contributed by atoms with Crippen LogP contribution in [0.15, 0.2) is 48.5 Å². The Morgan fingerprint density at radius 3 is 1.48 bits per heavy atom. The van der Waals surface area contributed by atoms with Crippen LogP contribution in [0, 0.1) is 13.8 Å². The molecule has 0 heterocycles. The fraction of sp³-hybridized carbons (Fsp3) is 0.333. The van der Waals surface area contributed by atoms with Crippen molar-refractivity contribution in [3.63, 3.8) is 0 Å². The third-order valence-electron chi connectivity index (χ3n) is 4.16. The van der Waals surface area contributed by atoms with E-state index in [0.29, 0.717) is 13.1 Å². The van der Waals surface area contributed by atoms with Gasteiger partial charge in [-0.25, -0.2) is 0 Å². The van der Waals surface area contributed by atoms with Gasteiger partial charge in [0.15, 0.2) is 0 Å². The van der Waals surface area contributed by atoms with Gasteiger partial charge in [-0.2, -0.15) is 0 Å². The average Bonchev–Trinajstić information content (AvgIpc) is 2.56. The van der Waals surface area contributed by atoms with E-state index >= 15 is 0 Å². The first-order chi connectivity index (χ1) is 12.0. The third kappa shape index (κ3) is 4.69. The number of carbonyl (C=O) groups is 2. The van der Waals surface area contributed by atoms with Crippen molar-refractivity contribution >= 4 is 23.2 Å². The molecule has 0 aliphatic carbocycles. The van der Waals surface area contributed by atoms with Crippen LogP contribution in [0.2, 0.25) is 0 Å². The van der Waals surface area contributed by atoms with E-state index in [9.17, 15) is 9.59 Å². The average molecular weight is 338 g/mol. The summed E-state index contributed by atoms with van der Waals surface area (Å²) in [6.45, 7) is 8.89. The van der Waals surface area contributed by atoms with E-state index in [4.69, 9.17) is 0 Å². The number of benzene rings is 2. The molecular formula is C21H26N2O2. The number of hydrogen-bond acceptors (Lipinski definition) is 2. The number of amides is 2. The largest absolute Gasteiger partial charge is 0.312 e. The van der Waals surface area contributed by atoms with Crippen molar-refractivity contribution in [1.29, 1.82) is 0 Å². The molecular weight excluding hydrogens is 312 g/mol. The zero-order valence-corrected chi connectivity index (χ0v) is 15.5. The summed E-state index contributed by atoms with van der Waals surface area (Å²) >= 11 is 0. The Kier molecular flexibility index (Phi) is 6.34. The highest BCUT2D eigenvalue weighted by atomic mass is 16.2. The molecule has 0 radical (unpaired) electrons. The summed E-state index contributed by atoms with van der Waals surface area (Å²) in [4.78, 5) is 28.7. The first-order valence-corrected chi connectivity index (χ1v) is 8.70. The highest BCUT2D eigenvalue weighted by molar-refractivity contribution is 6.10. The molecule has 2 amide bonds. The highest BCUT2D eigenvalue weighted by Gasteiger charge is 2.22. The molecule has 0 atom stereocenters. The van der Waals surface area contributed by atoms with Gasteiger partial charge in [0.05, 0.1) is 0 Å². The summed E-state index contributed by atoms with van der Waals surface area (Å²) in [7, 11) is 0. The van der Waals surface area contributed by atoms with Crippen molar-refractivity contribution in [3.8, 4) is 0 Å². The van der Waals surface area contributed by atoms with E-state index in [0.717, 1.165) is 22.5 Å². The molecule has 0 aliphatic rings. The number of hydrogen-bond donors (Lipinski definition) is 0. The molecule has 2 aromatic rings. The Balaban J connectivity index is 2.15. The first kappa shape index (κ1) is 18.7. The van der Waals surface area contributed by atoms with Crippen LogP contribution in [0.4, 0.5) is 11.4 Å². The second kappa shape index (κ2) is 8.47. The van der Waals surface area contributed by atoms with Crippen LogP contribution >= 0.6 is 0 Å². The summed E-state index contributed by atoms with van der Waals surface area (Å²) < 4.78 is 0. The molecule has 2 aromatic carbocycles. The van der Waals surface area contributed by atoms with E-state index in [1.807, 2.05) is 76.2 Å². The molecule has 0 saturated heterocycles. The van der Waals surface area contributed by atoms with Gasteiger partial charge in [-0.05, 0) is 63.1 Å². The van der Waals surface area contributed by atoms with Crippen molar-refractivity contribution in [2.45, 2.75) is 34.1 Å². The standard InChI is InChI=1S/C21H26N2O2/c1-5-22(18-11-7-9-16(3)13-18)20(24)15-21(25)23(6-2)19-12-8-10-17(4)14-19/h7-14H,5-6,15H2,1-4H3. The van der Waals surface area contributed by atoms with Crippen molar-refractivity contribution in [3.05, 3.63) is 59.7 Å². The second-order valence-electron chi connectivity index (χ2n) is 6.13. The molecule has 0 aromatic heterocycles. The minimum atomic E-state index is -0.177. The molecule has 4 nitrogen and oxygen atoms in total. The zero-order chi connectivity index (χ0) is 18.4. The Labute approximate surface area is 150 Å². The Bertz CT molecular complexity index is 692. The molecule has 2 rings (SSSR count). The van der Waals surface area contributed by atoms with Gasteiger partial charge in [0.25, 0.3) is 0 Å². The third-order valence-corrected chi connectivity index (χ3v) is 4.16. The molecule has 0 bridgehead atoms. The lowest BCUT2D eigenvalue weighted by atomic mass is 10.1. The molecule has 0 spiro atoms. The SMILES string of the molecule is CCN(C(=O)CC(=O)N(CC)c1cccc(C)c1)c1cccc(C)c1. The maximum Gasteiger partial charge on any atom is 0.236 e. The molecule has 0 fully saturated rings. The lowest BCUT2D eigenvalue weighted by molar-refractivity contribution is -0.126. The molecule has 0 unspecified atom stereocenters. The molecule has 25 heavy (non-hydrogen) atoms. The smallest absolute Gasteiger partial charge is 0.236 e. The predicted molar refractivity (Wildman–Crippen MR) is 103 cm³/mol. The summed E-state index contributed by atoms with van der Waals surface area (Å²) in [5, 5.41) is 0. The molecule has 0 N–H and O–H groups in total. The maximum atomic E-state index is 12.7. The van der Waals surface area contributed by atoms with Crippen LogP contribution in [0.5, 0.6) is 0 Å². The van der Waals surface area contributed by atoms with Crippen molar-refractivity contribution in [2.75, 3.05) is 22.9 Å². The van der Waals surface area contributed by atoms with Crippen LogP contribution in [0.3, 0.4) is 0 Å². The number of rotatable bonds is 6. The van der Waals surface area contributed by atoms with Gasteiger partial charge in [-0.1, -0.05) is 24.3 Å². The Hall–Kier alpha value is -2.62. The quantitative estimate of drug-likeness (QED) is 0.744. The lowest BCUT2D eigenvalue weighted by Gasteiger charge is -2.25. The fourth-order valence-corrected chi connectivity index (χ4v) is 2.92. The minimum absolute atomic E-state index is 0.135. The van der Waals surface area contributed by atoms with Crippen LogP contribution in [0.1, 0.15) is 31.4 Å². The number of nitrogens with zero attached hydrogens (tertiary/aromatic N) is 2. The zero-order valence-electron chi connectivity index (χ0n) is 15.5. The monoisotopic (exact) mass is 338 g/mol. The van der Waals surface area contributed by atoms with E-state index in [2.05, 4.69) is 0 Å². The van der Waals surface area contributed by atoms with Gasteiger partial charge < -0.3 is 9.80 Å². The summed E-state index contributed by atoms with van der Waals surface area (Å²) in [6.07, 6.45) is -0.135. The molecule has 132 valence electrons. The van der Waals surface area contributed by atoms with Crippen molar-refractivity contribution in [1.82, 2.24) is 0 Å². The normalized spacial score (nSPS) is 10.4. The second-order valence-corrected chi connectivity index (χ2v) is 6.13. The summed E-state index contributed by atoms with van der Waals surface area (Å²) in [5.74, 6) is -0.353. The van der Waals surface area contributed by atoms with E-state index < -0.39 is 0 Å². The Morgan fingerprint density at radius 1 is 0.760 bits per heavy atom. The van der Waals surface area contributed by atoms with Gasteiger partial charge in [-0.3, -0.25) is 9.59 Å². The van der Waals surface area contributed by atoms with Crippen LogP contribution in [-0.2, 0) is 9.59 Å². The molecule has 0 saturated carbocycles. The van der Waals surface area contributed by atoms with Crippen molar-refractivity contribution in [2.24, 2.45) is 0 Å². The van der Waals surface area contributed by atoms with Gasteiger partial charge in [-0.15, -0.1) is 0 Å². The number of anilines is 2. The van der Waals surface area contributed by atoms with E-state index in [-0.39, 0.29) is 18.2 Å². The van der Waals surface area contributed by atoms with Crippen molar-refractivity contribution < 1.29 is 9.59 Å². The molecule has 4 heteroatoms. The van der Waals surface area contributed by atoms with Gasteiger partial charge in [0.1, 0.15) is 6.42 Å². The molecule has 0 aliphatic heterocycles. The lowest BCUT2D eigenvalue weighted by Crippen LogP contribution is -2.38. The Morgan fingerprint density at radius 2 is 1.16 bits per heavy atom. The van der Waals surface area contributed by atoms with Gasteiger partial charge in [0, 0.05) is 24.5 Å². The topological polar surface area (TPSA) is 40.6 Å². The van der Waals surface area contributed by atoms with E-state index in [1.165, 1.54) is 0 Å². The number of aryl methyl sites for hydroxylation is 2. The maximum absolute atomic E-state index is 12.7. The van der Waals surface area contributed by atoms with Crippen LogP contribution in [0.25, 0.3) is 0 Å². The fourth-order valence-electron chi connectivity index (χ4n) is 2.92. The number of carbonyl (C=O) groups excluding carboxylic acids is 2. The van der Waals surface area contributed by atoms with Gasteiger partial charge >= 0.3 is 0 Å². The summed E-state index contributed by atoms with van der Waals surface area (Å²) in [6, 6.07) is 15.6. The summed E-state index contributed by atoms with van der Waals surface area (Å²) in [5.41, 5.74) is 3.84. The van der Waals surface area contributed by atoms with Crippen LogP contribution in [-0.4, -0.2) is 24.9 Å². The van der Waals surface area contributed by atoms with E-state index in [1.54, 1.807) is 9.80 Å². The van der Waals surface area contributed by atoms with Crippen LogP contribution < -0.4 is 9.80 Å². The first-order valence-electron chi connectivity index (χ1n) is 8.70. The highest BCUT2D eigenvalue weighted by Crippen LogP contribution is 2.19.